The summed E-state index contributed by atoms with van der Waals surface area (Å²) in [5.74, 6) is -0.624. The van der Waals surface area contributed by atoms with Crippen molar-refractivity contribution in [1.29, 1.82) is 0 Å². The van der Waals surface area contributed by atoms with Gasteiger partial charge in [0.05, 0.1) is 29.8 Å². The van der Waals surface area contributed by atoms with Crippen LogP contribution in [0.4, 0.5) is 5.69 Å². The van der Waals surface area contributed by atoms with Crippen molar-refractivity contribution < 1.29 is 19.1 Å². The average Bonchev–Trinajstić information content (AvgIpc) is 2.47. The van der Waals surface area contributed by atoms with Crippen LogP contribution in [0.2, 0.25) is 0 Å². The standard InChI is InChI=1S/C15H19Br2NO4/c1-3-21-13(19)8-9-18(10-14(20)22-4-2)12-7-5-6-11(16)15(12)17/h5-7H,3-4,8-10H2,1-2H3. The van der Waals surface area contributed by atoms with Crippen LogP contribution in [-0.2, 0) is 19.1 Å². The first-order valence-corrected chi connectivity index (χ1v) is 8.58. The molecule has 0 radical (unpaired) electrons. The first-order valence-electron chi connectivity index (χ1n) is 6.99. The lowest BCUT2D eigenvalue weighted by Crippen LogP contribution is -2.33. The first kappa shape index (κ1) is 19.0. The summed E-state index contributed by atoms with van der Waals surface area (Å²) in [7, 11) is 0. The average molecular weight is 437 g/mol. The van der Waals surface area contributed by atoms with Gasteiger partial charge in [0.1, 0.15) is 6.54 Å². The molecular weight excluding hydrogens is 418 g/mol. The molecule has 0 fully saturated rings. The minimum Gasteiger partial charge on any atom is -0.466 e. The fraction of sp³-hybridized carbons (Fsp3) is 0.467. The van der Waals surface area contributed by atoms with E-state index in [0.29, 0.717) is 19.8 Å². The maximum atomic E-state index is 11.8. The number of carbonyl (C=O) groups excluding carboxylic acids is 2. The highest BCUT2D eigenvalue weighted by Crippen LogP contribution is 2.33. The summed E-state index contributed by atoms with van der Waals surface area (Å²) in [6, 6.07) is 5.63. The minimum atomic E-state index is -0.335. The number of nitrogens with zero attached hydrogens (tertiary/aromatic N) is 1. The largest absolute Gasteiger partial charge is 0.466 e. The molecule has 0 unspecified atom stereocenters. The minimum absolute atomic E-state index is 0.0717. The van der Waals surface area contributed by atoms with Gasteiger partial charge in [-0.25, -0.2) is 0 Å². The highest BCUT2D eigenvalue weighted by molar-refractivity contribution is 9.13. The molecule has 122 valence electrons. The number of hydrogen-bond acceptors (Lipinski definition) is 5. The molecule has 1 aromatic rings. The molecule has 0 amide bonds. The Kier molecular flexibility index (Phi) is 8.48. The quantitative estimate of drug-likeness (QED) is 0.583. The molecule has 0 aliphatic carbocycles. The summed E-state index contributed by atoms with van der Waals surface area (Å²) in [5.41, 5.74) is 0.812. The number of rotatable bonds is 8. The third kappa shape index (κ3) is 5.96. The zero-order valence-electron chi connectivity index (χ0n) is 12.6. The summed E-state index contributed by atoms with van der Waals surface area (Å²) in [4.78, 5) is 25.1. The summed E-state index contributed by atoms with van der Waals surface area (Å²) >= 11 is 6.93. The van der Waals surface area contributed by atoms with E-state index in [2.05, 4.69) is 31.9 Å². The highest BCUT2D eigenvalue weighted by Gasteiger charge is 2.17. The van der Waals surface area contributed by atoms with Crippen molar-refractivity contribution in [3.05, 3.63) is 27.1 Å². The van der Waals surface area contributed by atoms with Gasteiger partial charge in [0.2, 0.25) is 0 Å². The summed E-state index contributed by atoms with van der Waals surface area (Å²) in [6.45, 7) is 4.63. The lowest BCUT2D eigenvalue weighted by molar-refractivity contribution is -0.144. The molecule has 1 aromatic carbocycles. The van der Waals surface area contributed by atoms with Gasteiger partial charge in [-0.05, 0) is 57.8 Å². The number of ether oxygens (including phenoxy) is 2. The van der Waals surface area contributed by atoms with E-state index in [-0.39, 0.29) is 24.9 Å². The molecule has 1 rings (SSSR count). The van der Waals surface area contributed by atoms with Crippen LogP contribution in [0.15, 0.2) is 27.1 Å². The van der Waals surface area contributed by atoms with Crippen molar-refractivity contribution in [2.45, 2.75) is 20.3 Å². The second-order valence-electron chi connectivity index (χ2n) is 4.35. The number of halogens is 2. The molecule has 0 saturated carbocycles. The molecule has 0 atom stereocenters. The lowest BCUT2D eigenvalue weighted by Gasteiger charge is -2.25. The predicted octanol–water partition coefficient (Wildman–Crippen LogP) is 3.53. The third-order valence-electron chi connectivity index (χ3n) is 2.79. The number of hydrogen-bond donors (Lipinski definition) is 0. The number of benzene rings is 1. The Morgan fingerprint density at radius 1 is 1.09 bits per heavy atom. The summed E-state index contributed by atoms with van der Waals surface area (Å²) in [6.07, 6.45) is 0.201. The Morgan fingerprint density at radius 3 is 2.36 bits per heavy atom. The Labute approximate surface area is 147 Å². The van der Waals surface area contributed by atoms with E-state index in [1.54, 1.807) is 18.7 Å². The van der Waals surface area contributed by atoms with Crippen molar-refractivity contribution in [3.8, 4) is 0 Å². The molecule has 22 heavy (non-hydrogen) atoms. The van der Waals surface area contributed by atoms with Crippen LogP contribution >= 0.6 is 31.9 Å². The van der Waals surface area contributed by atoms with Crippen LogP contribution in [0, 0.1) is 0 Å². The van der Waals surface area contributed by atoms with Gasteiger partial charge < -0.3 is 14.4 Å². The van der Waals surface area contributed by atoms with Crippen LogP contribution in [0.5, 0.6) is 0 Å². The van der Waals surface area contributed by atoms with Gasteiger partial charge in [-0.2, -0.15) is 0 Å². The van der Waals surface area contributed by atoms with Crippen molar-refractivity contribution in [3.63, 3.8) is 0 Å². The van der Waals surface area contributed by atoms with Gasteiger partial charge in [0, 0.05) is 11.0 Å². The molecule has 0 heterocycles. The molecule has 0 bridgehead atoms. The molecule has 7 heteroatoms. The van der Waals surface area contributed by atoms with Gasteiger partial charge in [0.15, 0.2) is 0 Å². The predicted molar refractivity (Wildman–Crippen MR) is 91.9 cm³/mol. The fourth-order valence-electron chi connectivity index (χ4n) is 1.84. The van der Waals surface area contributed by atoms with E-state index in [1.807, 2.05) is 18.2 Å². The van der Waals surface area contributed by atoms with Gasteiger partial charge in [-0.3, -0.25) is 9.59 Å². The van der Waals surface area contributed by atoms with E-state index in [0.717, 1.165) is 14.6 Å². The smallest absolute Gasteiger partial charge is 0.325 e. The van der Waals surface area contributed by atoms with Crippen molar-refractivity contribution in [2.24, 2.45) is 0 Å². The van der Waals surface area contributed by atoms with Crippen LogP contribution < -0.4 is 4.90 Å². The monoisotopic (exact) mass is 435 g/mol. The SMILES string of the molecule is CCOC(=O)CCN(CC(=O)OCC)c1cccc(Br)c1Br. The molecule has 0 aliphatic heterocycles. The maximum Gasteiger partial charge on any atom is 0.325 e. The molecule has 0 N–H and O–H groups in total. The molecule has 0 saturated heterocycles. The van der Waals surface area contributed by atoms with Gasteiger partial charge in [0.25, 0.3) is 0 Å². The fourth-order valence-corrected chi connectivity index (χ4v) is 2.71. The van der Waals surface area contributed by atoms with E-state index in [4.69, 9.17) is 9.47 Å². The van der Waals surface area contributed by atoms with E-state index in [1.165, 1.54) is 0 Å². The Bertz CT molecular complexity index is 522. The topological polar surface area (TPSA) is 55.8 Å². The number of anilines is 1. The summed E-state index contributed by atoms with van der Waals surface area (Å²) < 4.78 is 11.6. The van der Waals surface area contributed by atoms with Crippen molar-refractivity contribution >= 4 is 49.5 Å². The molecule has 0 aromatic heterocycles. The van der Waals surface area contributed by atoms with Crippen LogP contribution in [0.3, 0.4) is 0 Å². The normalized spacial score (nSPS) is 10.2. The molecule has 0 spiro atoms. The maximum absolute atomic E-state index is 11.8. The van der Waals surface area contributed by atoms with Crippen LogP contribution in [0.1, 0.15) is 20.3 Å². The van der Waals surface area contributed by atoms with Crippen molar-refractivity contribution in [2.75, 3.05) is 31.2 Å². The van der Waals surface area contributed by atoms with Gasteiger partial charge >= 0.3 is 11.9 Å². The highest BCUT2D eigenvalue weighted by atomic mass is 79.9. The molecule has 5 nitrogen and oxygen atoms in total. The van der Waals surface area contributed by atoms with Crippen molar-refractivity contribution in [1.82, 2.24) is 0 Å². The first-order chi connectivity index (χ1) is 10.5. The molecular formula is C15H19Br2NO4. The van der Waals surface area contributed by atoms with E-state index in [9.17, 15) is 9.59 Å². The lowest BCUT2D eigenvalue weighted by atomic mass is 10.2. The van der Waals surface area contributed by atoms with Gasteiger partial charge in [-0.1, -0.05) is 6.07 Å². The zero-order chi connectivity index (χ0) is 16.5. The van der Waals surface area contributed by atoms with Crippen LogP contribution in [-0.4, -0.2) is 38.2 Å². The Balaban J connectivity index is 2.88. The van der Waals surface area contributed by atoms with Gasteiger partial charge in [-0.15, -0.1) is 0 Å². The van der Waals surface area contributed by atoms with E-state index >= 15 is 0 Å². The second-order valence-corrected chi connectivity index (χ2v) is 6.00. The zero-order valence-corrected chi connectivity index (χ0v) is 15.8. The third-order valence-corrected chi connectivity index (χ3v) is 4.81. The Morgan fingerprint density at radius 2 is 1.73 bits per heavy atom. The van der Waals surface area contributed by atoms with E-state index < -0.39 is 0 Å². The number of esters is 2. The molecule has 0 aliphatic rings. The Hall–Kier alpha value is -1.08. The van der Waals surface area contributed by atoms with Crippen LogP contribution in [0.25, 0.3) is 0 Å². The number of carbonyl (C=O) groups is 2. The second kappa shape index (κ2) is 9.84. The summed E-state index contributed by atoms with van der Waals surface area (Å²) in [5, 5.41) is 0.